The van der Waals surface area contributed by atoms with E-state index in [0.717, 1.165) is 4.88 Å². The predicted octanol–water partition coefficient (Wildman–Crippen LogP) is 2.37. The van der Waals surface area contributed by atoms with Gasteiger partial charge in [-0.05, 0) is 30.0 Å². The quantitative estimate of drug-likeness (QED) is 0.823. The average Bonchev–Trinajstić information content (AvgIpc) is 3.00. The van der Waals surface area contributed by atoms with E-state index in [1.807, 2.05) is 35.7 Å². The number of ether oxygens (including phenoxy) is 1. The maximum atomic E-state index is 11.6. The van der Waals surface area contributed by atoms with Gasteiger partial charge in [0.1, 0.15) is 5.75 Å². The highest BCUT2D eigenvalue weighted by Crippen LogP contribution is 2.20. The molecule has 0 saturated carbocycles. The Kier molecular flexibility index (Phi) is 5.58. The molecule has 0 radical (unpaired) electrons. The van der Waals surface area contributed by atoms with Crippen molar-refractivity contribution in [2.75, 3.05) is 13.2 Å². The largest absolute Gasteiger partial charge is 0.484 e. The highest BCUT2D eigenvalue weighted by atomic mass is 32.1. The number of thiophene rings is 1. The smallest absolute Gasteiger partial charge is 0.257 e. The van der Waals surface area contributed by atoms with Gasteiger partial charge in [0.05, 0.1) is 6.10 Å². The van der Waals surface area contributed by atoms with E-state index in [1.54, 1.807) is 12.1 Å². The maximum absolute atomic E-state index is 11.6. The first-order chi connectivity index (χ1) is 9.75. The molecule has 0 saturated heterocycles. The molecule has 106 valence electrons. The van der Waals surface area contributed by atoms with E-state index >= 15 is 0 Å². The molecule has 0 aliphatic carbocycles. The fourth-order valence-corrected chi connectivity index (χ4v) is 2.43. The molecule has 2 N–H and O–H groups in total. The summed E-state index contributed by atoms with van der Waals surface area (Å²) in [6.07, 6.45) is -0.0252. The molecule has 0 spiro atoms. The number of hydrogen-bond donors (Lipinski definition) is 2. The molecular formula is C15H17NO3S. The van der Waals surface area contributed by atoms with Crippen molar-refractivity contribution in [3.63, 3.8) is 0 Å². The van der Waals surface area contributed by atoms with E-state index in [4.69, 9.17) is 4.74 Å². The van der Waals surface area contributed by atoms with Crippen LogP contribution in [0.5, 0.6) is 5.75 Å². The third-order valence-electron chi connectivity index (χ3n) is 2.72. The molecule has 5 heteroatoms. The minimum Gasteiger partial charge on any atom is -0.484 e. The van der Waals surface area contributed by atoms with Crippen molar-refractivity contribution in [1.82, 2.24) is 5.32 Å². The maximum Gasteiger partial charge on any atom is 0.257 e. The Labute approximate surface area is 122 Å². The van der Waals surface area contributed by atoms with Crippen LogP contribution in [0.2, 0.25) is 0 Å². The molecule has 1 aromatic carbocycles. The third kappa shape index (κ3) is 4.68. The van der Waals surface area contributed by atoms with E-state index in [0.29, 0.717) is 18.7 Å². The van der Waals surface area contributed by atoms with Gasteiger partial charge >= 0.3 is 0 Å². The third-order valence-corrected chi connectivity index (χ3v) is 3.70. The normalized spacial score (nSPS) is 11.8. The monoisotopic (exact) mass is 291 g/mol. The van der Waals surface area contributed by atoms with Gasteiger partial charge in [-0.2, -0.15) is 0 Å². The summed E-state index contributed by atoms with van der Waals surface area (Å²) in [5, 5.41) is 14.5. The summed E-state index contributed by atoms with van der Waals surface area (Å²) >= 11 is 1.51. The van der Waals surface area contributed by atoms with E-state index in [1.165, 1.54) is 11.3 Å². The zero-order valence-corrected chi connectivity index (χ0v) is 11.8. The summed E-state index contributed by atoms with van der Waals surface area (Å²) in [6, 6.07) is 13.0. The first-order valence-corrected chi connectivity index (χ1v) is 7.29. The molecule has 1 atom stereocenters. The van der Waals surface area contributed by atoms with Crippen LogP contribution < -0.4 is 10.1 Å². The van der Waals surface area contributed by atoms with Crippen molar-refractivity contribution in [1.29, 1.82) is 0 Å². The average molecular weight is 291 g/mol. The number of carbonyl (C=O) groups is 1. The van der Waals surface area contributed by atoms with E-state index in [-0.39, 0.29) is 12.5 Å². The molecule has 1 aromatic heterocycles. The number of aliphatic hydroxyl groups excluding tert-OH is 1. The van der Waals surface area contributed by atoms with Crippen molar-refractivity contribution >= 4 is 17.2 Å². The predicted molar refractivity (Wildman–Crippen MR) is 78.8 cm³/mol. The number of hydrogen-bond acceptors (Lipinski definition) is 4. The fraction of sp³-hybridized carbons (Fsp3) is 0.267. The first-order valence-electron chi connectivity index (χ1n) is 6.42. The molecule has 1 heterocycles. The van der Waals surface area contributed by atoms with Crippen LogP contribution in [-0.4, -0.2) is 24.2 Å². The molecular weight excluding hydrogens is 274 g/mol. The number of amides is 1. The minimum absolute atomic E-state index is 0.0148. The van der Waals surface area contributed by atoms with Crippen LogP contribution in [0.25, 0.3) is 0 Å². The van der Waals surface area contributed by atoms with Crippen LogP contribution in [0, 0.1) is 0 Å². The lowest BCUT2D eigenvalue weighted by Crippen LogP contribution is -2.30. The summed E-state index contributed by atoms with van der Waals surface area (Å²) in [4.78, 5) is 12.5. The second kappa shape index (κ2) is 7.67. The van der Waals surface area contributed by atoms with Gasteiger partial charge in [0.2, 0.25) is 0 Å². The van der Waals surface area contributed by atoms with Crippen molar-refractivity contribution in [2.24, 2.45) is 0 Å². The fourth-order valence-electron chi connectivity index (χ4n) is 1.69. The highest BCUT2D eigenvalue weighted by Gasteiger charge is 2.09. The number of aliphatic hydroxyl groups is 1. The number of benzene rings is 1. The Morgan fingerprint density at radius 1 is 1.25 bits per heavy atom. The van der Waals surface area contributed by atoms with Gasteiger partial charge < -0.3 is 15.2 Å². The van der Waals surface area contributed by atoms with Crippen LogP contribution in [0.1, 0.15) is 17.4 Å². The van der Waals surface area contributed by atoms with E-state index in [2.05, 4.69) is 5.32 Å². The van der Waals surface area contributed by atoms with Gasteiger partial charge in [-0.1, -0.05) is 24.3 Å². The molecule has 1 amide bonds. The van der Waals surface area contributed by atoms with Gasteiger partial charge in [0.25, 0.3) is 5.91 Å². The van der Waals surface area contributed by atoms with Gasteiger partial charge in [-0.15, -0.1) is 11.3 Å². The second-order valence-electron chi connectivity index (χ2n) is 4.27. The van der Waals surface area contributed by atoms with Crippen LogP contribution >= 0.6 is 11.3 Å². The lowest BCUT2D eigenvalue weighted by atomic mass is 10.2. The van der Waals surface area contributed by atoms with Crippen molar-refractivity contribution in [3.8, 4) is 5.75 Å². The second-order valence-corrected chi connectivity index (χ2v) is 5.25. The van der Waals surface area contributed by atoms with Crippen LogP contribution in [0.15, 0.2) is 47.8 Å². The SMILES string of the molecule is O=C(COc1ccccc1)NCC[C@H](O)c1cccs1. The zero-order valence-electron chi connectivity index (χ0n) is 11.0. The van der Waals surface area contributed by atoms with Crippen LogP contribution in [0.4, 0.5) is 0 Å². The number of nitrogens with one attached hydrogen (secondary N) is 1. The molecule has 2 rings (SSSR count). The Morgan fingerprint density at radius 3 is 2.75 bits per heavy atom. The van der Waals surface area contributed by atoms with Gasteiger partial charge in [-0.3, -0.25) is 4.79 Å². The van der Waals surface area contributed by atoms with Crippen molar-refractivity contribution in [2.45, 2.75) is 12.5 Å². The van der Waals surface area contributed by atoms with Gasteiger partial charge in [0.15, 0.2) is 6.61 Å². The van der Waals surface area contributed by atoms with Crippen LogP contribution in [-0.2, 0) is 4.79 Å². The van der Waals surface area contributed by atoms with Crippen LogP contribution in [0.3, 0.4) is 0 Å². The summed E-state index contributed by atoms with van der Waals surface area (Å²) in [5.74, 6) is 0.480. The molecule has 0 aliphatic rings. The van der Waals surface area contributed by atoms with E-state index < -0.39 is 6.10 Å². The Balaban J connectivity index is 1.63. The van der Waals surface area contributed by atoms with Gasteiger partial charge in [-0.25, -0.2) is 0 Å². The minimum atomic E-state index is -0.523. The standard InChI is InChI=1S/C15H17NO3S/c17-13(14-7-4-10-20-14)8-9-16-15(18)11-19-12-5-2-1-3-6-12/h1-7,10,13,17H,8-9,11H2,(H,16,18)/t13-/m0/s1. The van der Waals surface area contributed by atoms with E-state index in [9.17, 15) is 9.90 Å². The van der Waals surface area contributed by atoms with Crippen molar-refractivity contribution in [3.05, 3.63) is 52.7 Å². The summed E-state index contributed by atoms with van der Waals surface area (Å²) in [6.45, 7) is 0.412. The molecule has 2 aromatic rings. The number of para-hydroxylation sites is 1. The zero-order chi connectivity index (χ0) is 14.2. The van der Waals surface area contributed by atoms with Gasteiger partial charge in [0, 0.05) is 11.4 Å². The molecule has 20 heavy (non-hydrogen) atoms. The highest BCUT2D eigenvalue weighted by molar-refractivity contribution is 7.10. The molecule has 0 aliphatic heterocycles. The topological polar surface area (TPSA) is 58.6 Å². The lowest BCUT2D eigenvalue weighted by Gasteiger charge is -2.10. The Morgan fingerprint density at radius 2 is 2.05 bits per heavy atom. The molecule has 4 nitrogen and oxygen atoms in total. The Hall–Kier alpha value is -1.85. The molecule has 0 fully saturated rings. The Bertz CT molecular complexity index is 513. The number of carbonyl (C=O) groups excluding carboxylic acids is 1. The number of rotatable bonds is 7. The molecule has 0 bridgehead atoms. The first kappa shape index (κ1) is 14.6. The van der Waals surface area contributed by atoms with Crippen molar-refractivity contribution < 1.29 is 14.6 Å². The lowest BCUT2D eigenvalue weighted by molar-refractivity contribution is -0.123. The summed E-state index contributed by atoms with van der Waals surface area (Å²) in [5.41, 5.74) is 0. The summed E-state index contributed by atoms with van der Waals surface area (Å²) < 4.78 is 5.33. The summed E-state index contributed by atoms with van der Waals surface area (Å²) in [7, 11) is 0. The molecule has 0 unspecified atom stereocenters.